The van der Waals surface area contributed by atoms with E-state index in [1.165, 1.54) is 0 Å². The molecule has 0 heterocycles. The molecule has 2 aromatic rings. The molecule has 0 aromatic heterocycles. The van der Waals surface area contributed by atoms with Crippen LogP contribution in [0.5, 0.6) is 5.75 Å². The first-order valence-corrected chi connectivity index (χ1v) is 5.17. The highest BCUT2D eigenvalue weighted by Gasteiger charge is 2.01. The summed E-state index contributed by atoms with van der Waals surface area (Å²) in [6.07, 6.45) is 0. The summed E-state index contributed by atoms with van der Waals surface area (Å²) >= 11 is 0. The van der Waals surface area contributed by atoms with Crippen LogP contribution in [0.3, 0.4) is 0 Å². The summed E-state index contributed by atoms with van der Waals surface area (Å²) in [6.45, 7) is -0.327. The summed E-state index contributed by atoms with van der Waals surface area (Å²) in [5.41, 5.74) is 2.03. The van der Waals surface area contributed by atoms with Crippen molar-refractivity contribution in [1.82, 2.24) is 0 Å². The van der Waals surface area contributed by atoms with E-state index in [2.05, 4.69) is 6.07 Å². The van der Waals surface area contributed by atoms with Crippen molar-refractivity contribution in [3.63, 3.8) is 0 Å². The highest BCUT2D eigenvalue weighted by atomic mass is 16.5. The normalized spacial score (nSPS) is 9.88. The molecule has 0 saturated carbocycles. The number of benzene rings is 2. The van der Waals surface area contributed by atoms with E-state index in [9.17, 15) is 4.79 Å². The molecule has 1 N–H and O–H groups in total. The highest BCUT2D eigenvalue weighted by Crippen LogP contribution is 2.23. The fourth-order valence-corrected chi connectivity index (χ4v) is 1.49. The molecule has 0 aliphatic rings. The lowest BCUT2D eigenvalue weighted by atomic mass is 10.1. The number of hydrogen-bond donors (Lipinski definition) is 1. The van der Waals surface area contributed by atoms with Gasteiger partial charge < -0.3 is 9.84 Å². The maximum absolute atomic E-state index is 10.4. The Bertz CT molecular complexity index is 506. The van der Waals surface area contributed by atoms with Gasteiger partial charge in [0.2, 0.25) is 0 Å². The second-order valence-corrected chi connectivity index (χ2v) is 3.50. The quantitative estimate of drug-likeness (QED) is 0.873. The van der Waals surface area contributed by atoms with Gasteiger partial charge in [-0.05, 0) is 29.3 Å². The fraction of sp³-hybridized carbons (Fsp3) is 0.0714. The van der Waals surface area contributed by atoms with Gasteiger partial charge in [0.05, 0.1) is 0 Å². The van der Waals surface area contributed by atoms with E-state index in [0.29, 0.717) is 5.75 Å². The summed E-state index contributed by atoms with van der Waals surface area (Å²) in [7, 11) is 0. The zero-order valence-corrected chi connectivity index (χ0v) is 9.09. The van der Waals surface area contributed by atoms with Gasteiger partial charge in [0, 0.05) is 0 Å². The monoisotopic (exact) mass is 227 g/mol. The van der Waals surface area contributed by atoms with Crippen LogP contribution in [-0.2, 0) is 4.79 Å². The van der Waals surface area contributed by atoms with E-state index >= 15 is 0 Å². The molecular weight excluding hydrogens is 216 g/mol. The van der Waals surface area contributed by atoms with E-state index in [-0.39, 0.29) is 6.61 Å². The van der Waals surface area contributed by atoms with Crippen LogP contribution >= 0.6 is 0 Å². The zero-order chi connectivity index (χ0) is 12.1. The molecule has 0 spiro atoms. The number of carboxylic acid groups (broad SMARTS) is 1. The van der Waals surface area contributed by atoms with Crippen molar-refractivity contribution in [2.75, 3.05) is 6.61 Å². The highest BCUT2D eigenvalue weighted by molar-refractivity contribution is 5.69. The summed E-state index contributed by atoms with van der Waals surface area (Å²) in [5, 5.41) is 8.53. The number of ether oxygens (including phenoxy) is 1. The van der Waals surface area contributed by atoms with Crippen molar-refractivity contribution < 1.29 is 14.6 Å². The summed E-state index contributed by atoms with van der Waals surface area (Å²) in [6, 6.07) is 17.8. The van der Waals surface area contributed by atoms with Gasteiger partial charge in [-0.3, -0.25) is 0 Å². The second kappa shape index (κ2) is 5.16. The third-order valence-corrected chi connectivity index (χ3v) is 2.25. The van der Waals surface area contributed by atoms with Crippen molar-refractivity contribution >= 4 is 5.97 Å². The van der Waals surface area contributed by atoms with E-state index in [0.717, 1.165) is 11.1 Å². The maximum Gasteiger partial charge on any atom is 0.341 e. The smallest absolute Gasteiger partial charge is 0.341 e. The Balaban J connectivity index is 2.20. The second-order valence-electron chi connectivity index (χ2n) is 3.50. The molecule has 0 unspecified atom stereocenters. The van der Waals surface area contributed by atoms with Crippen LogP contribution in [0.2, 0.25) is 0 Å². The lowest BCUT2D eigenvalue weighted by molar-refractivity contribution is -0.139. The van der Waals surface area contributed by atoms with Gasteiger partial charge in [-0.2, -0.15) is 0 Å². The molecule has 0 amide bonds. The predicted molar refractivity (Wildman–Crippen MR) is 63.8 cm³/mol. The molecular formula is C14H11O3. The Hall–Kier alpha value is -2.29. The van der Waals surface area contributed by atoms with Crippen molar-refractivity contribution in [3.8, 4) is 16.9 Å². The number of carboxylic acids is 1. The Morgan fingerprint density at radius 1 is 1.18 bits per heavy atom. The van der Waals surface area contributed by atoms with E-state index in [1.807, 2.05) is 42.5 Å². The van der Waals surface area contributed by atoms with Crippen LogP contribution in [-0.4, -0.2) is 17.7 Å². The largest absolute Gasteiger partial charge is 0.482 e. The van der Waals surface area contributed by atoms with Gasteiger partial charge >= 0.3 is 5.97 Å². The van der Waals surface area contributed by atoms with E-state index < -0.39 is 5.97 Å². The van der Waals surface area contributed by atoms with Crippen LogP contribution in [0.4, 0.5) is 0 Å². The van der Waals surface area contributed by atoms with Crippen molar-refractivity contribution in [2.24, 2.45) is 0 Å². The van der Waals surface area contributed by atoms with Gasteiger partial charge in [-0.1, -0.05) is 36.4 Å². The minimum atomic E-state index is -0.982. The first kappa shape index (κ1) is 11.2. The van der Waals surface area contributed by atoms with Crippen molar-refractivity contribution in [3.05, 3.63) is 54.6 Å². The van der Waals surface area contributed by atoms with Gasteiger partial charge in [0.1, 0.15) is 5.75 Å². The van der Waals surface area contributed by atoms with Crippen molar-refractivity contribution in [1.29, 1.82) is 0 Å². The lowest BCUT2D eigenvalue weighted by Gasteiger charge is -2.06. The summed E-state index contributed by atoms with van der Waals surface area (Å²) in [5.74, 6) is -0.428. The lowest BCUT2D eigenvalue weighted by Crippen LogP contribution is -2.09. The molecule has 0 bridgehead atoms. The third kappa shape index (κ3) is 3.08. The zero-order valence-electron chi connectivity index (χ0n) is 9.09. The van der Waals surface area contributed by atoms with Gasteiger partial charge in [0.15, 0.2) is 6.61 Å². The maximum atomic E-state index is 10.4. The molecule has 0 aliphatic heterocycles. The molecule has 3 nitrogen and oxygen atoms in total. The molecule has 0 saturated heterocycles. The Kier molecular flexibility index (Phi) is 3.40. The first-order chi connectivity index (χ1) is 8.25. The standard InChI is InChI=1S/C14H11O3/c15-14(16)10-17-13-8-4-7-12(9-13)11-5-2-1-3-6-11/h2-9H,10H2,(H,15,16). The SMILES string of the molecule is O=C(O)COc1cccc(-c2cc[c]cc2)c1. The van der Waals surface area contributed by atoms with Crippen LogP contribution in [0, 0.1) is 6.07 Å². The molecule has 0 atom stereocenters. The van der Waals surface area contributed by atoms with Gasteiger partial charge in [-0.25, -0.2) is 4.79 Å². The minimum absolute atomic E-state index is 0.327. The molecule has 0 fully saturated rings. The third-order valence-electron chi connectivity index (χ3n) is 2.25. The molecule has 1 radical (unpaired) electrons. The first-order valence-electron chi connectivity index (χ1n) is 5.17. The Morgan fingerprint density at radius 2 is 1.94 bits per heavy atom. The Morgan fingerprint density at radius 3 is 2.65 bits per heavy atom. The summed E-state index contributed by atoms with van der Waals surface area (Å²) in [4.78, 5) is 10.4. The molecule has 17 heavy (non-hydrogen) atoms. The summed E-state index contributed by atoms with van der Waals surface area (Å²) < 4.78 is 5.12. The fourth-order valence-electron chi connectivity index (χ4n) is 1.49. The average molecular weight is 227 g/mol. The van der Waals surface area contributed by atoms with Gasteiger partial charge in [-0.15, -0.1) is 0 Å². The molecule has 85 valence electrons. The molecule has 0 aliphatic carbocycles. The molecule has 2 rings (SSSR count). The molecule has 3 heteroatoms. The van der Waals surface area contributed by atoms with E-state index in [1.54, 1.807) is 6.07 Å². The van der Waals surface area contributed by atoms with Crippen LogP contribution in [0.1, 0.15) is 0 Å². The van der Waals surface area contributed by atoms with E-state index in [4.69, 9.17) is 9.84 Å². The topological polar surface area (TPSA) is 46.5 Å². The van der Waals surface area contributed by atoms with Crippen LogP contribution < -0.4 is 4.74 Å². The van der Waals surface area contributed by atoms with Crippen molar-refractivity contribution in [2.45, 2.75) is 0 Å². The number of carbonyl (C=O) groups is 1. The molecule has 2 aromatic carbocycles. The predicted octanol–water partition coefficient (Wildman–Crippen LogP) is 2.62. The van der Waals surface area contributed by atoms with Crippen LogP contribution in [0.15, 0.2) is 48.5 Å². The average Bonchev–Trinajstić information content (AvgIpc) is 2.38. The Labute approximate surface area is 99.3 Å². The minimum Gasteiger partial charge on any atom is -0.482 e. The number of hydrogen-bond acceptors (Lipinski definition) is 2. The van der Waals surface area contributed by atoms with Crippen LogP contribution in [0.25, 0.3) is 11.1 Å². The number of aliphatic carboxylic acids is 1. The van der Waals surface area contributed by atoms with Gasteiger partial charge in [0.25, 0.3) is 0 Å². The number of rotatable bonds is 4.